The van der Waals surface area contributed by atoms with Crippen LogP contribution in [-0.4, -0.2) is 52.7 Å². The van der Waals surface area contributed by atoms with E-state index in [-0.39, 0.29) is 6.42 Å². The van der Waals surface area contributed by atoms with Gasteiger partial charge in [-0.3, -0.25) is 9.78 Å². The Kier molecular flexibility index (Phi) is 7.14. The minimum Gasteiger partial charge on any atom is -0.493 e. The third-order valence-corrected chi connectivity index (χ3v) is 5.99. The van der Waals surface area contributed by atoms with Crippen LogP contribution in [0.2, 0.25) is 0 Å². The van der Waals surface area contributed by atoms with Gasteiger partial charge in [0.05, 0.1) is 44.1 Å². The molecule has 34 heavy (non-hydrogen) atoms. The molecule has 4 rings (SSSR count). The fourth-order valence-electron chi connectivity index (χ4n) is 4.23. The highest BCUT2D eigenvalue weighted by molar-refractivity contribution is 6.01. The zero-order valence-electron chi connectivity index (χ0n) is 19.3. The number of aromatic nitrogens is 1. The summed E-state index contributed by atoms with van der Waals surface area (Å²) < 4.78 is 11.1. The molecule has 1 aliphatic carbocycles. The first-order valence-electron chi connectivity index (χ1n) is 11.3. The third-order valence-electron chi connectivity index (χ3n) is 5.99. The van der Waals surface area contributed by atoms with Crippen LogP contribution in [0.5, 0.6) is 11.5 Å². The molecule has 3 aromatic rings. The number of methoxy groups -OCH3 is 2. The number of carboxylic acids is 1. The molecule has 0 spiro atoms. The fraction of sp³-hybridized carbons (Fsp3) is 0.333. The van der Waals surface area contributed by atoms with Gasteiger partial charge in [0, 0.05) is 34.9 Å². The number of benzene rings is 2. The van der Waals surface area contributed by atoms with Gasteiger partial charge in [0.15, 0.2) is 11.5 Å². The molecule has 1 aliphatic rings. The predicted molar refractivity (Wildman–Crippen MR) is 130 cm³/mol. The lowest BCUT2D eigenvalue weighted by Gasteiger charge is -2.18. The van der Waals surface area contributed by atoms with E-state index in [4.69, 9.17) is 19.6 Å². The molecule has 178 valence electrons. The van der Waals surface area contributed by atoms with Gasteiger partial charge < -0.3 is 24.8 Å². The molecule has 0 bridgehead atoms. The lowest BCUT2D eigenvalue weighted by atomic mass is 9.92. The molecule has 2 atom stereocenters. The maximum Gasteiger partial charge on any atom is 0.305 e. The van der Waals surface area contributed by atoms with Crippen LogP contribution < -0.4 is 9.47 Å². The van der Waals surface area contributed by atoms with Gasteiger partial charge in [-0.25, -0.2) is 0 Å². The molecule has 1 saturated carbocycles. The smallest absolute Gasteiger partial charge is 0.305 e. The largest absolute Gasteiger partial charge is 0.493 e. The minimum atomic E-state index is -1.12. The molecule has 1 fully saturated rings. The number of aliphatic carboxylic acids is 1. The number of rotatable bonds is 10. The molecule has 0 amide bonds. The van der Waals surface area contributed by atoms with Crippen molar-refractivity contribution in [2.45, 2.75) is 43.8 Å². The normalized spacial score (nSPS) is 15.4. The van der Waals surface area contributed by atoms with E-state index >= 15 is 0 Å². The highest BCUT2D eigenvalue weighted by atomic mass is 16.5. The van der Waals surface area contributed by atoms with Crippen LogP contribution in [0.25, 0.3) is 28.1 Å². The zero-order valence-corrected chi connectivity index (χ0v) is 19.3. The summed E-state index contributed by atoms with van der Waals surface area (Å²) >= 11 is 0. The number of aliphatic hydroxyl groups excluding tert-OH is 2. The van der Waals surface area contributed by atoms with E-state index < -0.39 is 24.6 Å². The summed E-state index contributed by atoms with van der Waals surface area (Å²) in [6, 6.07) is 13.8. The van der Waals surface area contributed by atoms with Crippen LogP contribution >= 0.6 is 0 Å². The van der Waals surface area contributed by atoms with Gasteiger partial charge in [0.25, 0.3) is 0 Å². The monoisotopic (exact) mass is 463 g/mol. The molecule has 0 aliphatic heterocycles. The SMILES string of the molecule is COc1cc2nc(C3CC3)c(/C=C/C(O)CC(O)CC(=O)O)c(-c3ccccc3)c2cc1OC. The van der Waals surface area contributed by atoms with Crippen molar-refractivity contribution in [3.05, 3.63) is 59.8 Å². The second-order valence-corrected chi connectivity index (χ2v) is 8.56. The Hall–Kier alpha value is -3.42. The summed E-state index contributed by atoms with van der Waals surface area (Å²) in [5.74, 6) is 0.429. The van der Waals surface area contributed by atoms with Gasteiger partial charge >= 0.3 is 5.97 Å². The predicted octanol–water partition coefficient (Wildman–Crippen LogP) is 4.40. The number of aliphatic hydroxyl groups is 2. The Balaban J connectivity index is 1.87. The van der Waals surface area contributed by atoms with Crippen molar-refractivity contribution < 1.29 is 29.6 Å². The van der Waals surface area contributed by atoms with E-state index in [1.165, 1.54) is 0 Å². The maximum atomic E-state index is 10.8. The molecule has 2 unspecified atom stereocenters. The maximum absolute atomic E-state index is 10.8. The lowest BCUT2D eigenvalue weighted by molar-refractivity contribution is -0.139. The number of carbonyl (C=O) groups is 1. The molecule has 3 N–H and O–H groups in total. The first-order valence-corrected chi connectivity index (χ1v) is 11.3. The van der Waals surface area contributed by atoms with E-state index in [1.54, 1.807) is 20.3 Å². The Morgan fingerprint density at radius 3 is 2.41 bits per heavy atom. The Morgan fingerprint density at radius 1 is 1.12 bits per heavy atom. The van der Waals surface area contributed by atoms with Crippen LogP contribution in [0.4, 0.5) is 0 Å². The highest BCUT2D eigenvalue weighted by Gasteiger charge is 2.30. The van der Waals surface area contributed by atoms with Crippen molar-refractivity contribution in [1.29, 1.82) is 0 Å². The summed E-state index contributed by atoms with van der Waals surface area (Å²) in [5, 5.41) is 30.1. The topological polar surface area (TPSA) is 109 Å². The van der Waals surface area contributed by atoms with Crippen LogP contribution in [0, 0.1) is 0 Å². The first kappa shape index (κ1) is 23.7. The summed E-state index contributed by atoms with van der Waals surface area (Å²) in [7, 11) is 3.19. The third kappa shape index (κ3) is 5.21. The Labute approximate surface area is 198 Å². The van der Waals surface area contributed by atoms with E-state index in [0.717, 1.165) is 46.1 Å². The molecule has 7 heteroatoms. The molecule has 0 saturated heterocycles. The van der Waals surface area contributed by atoms with Gasteiger partial charge in [-0.2, -0.15) is 0 Å². The number of nitrogens with zero attached hydrogens (tertiary/aromatic N) is 1. The zero-order chi connectivity index (χ0) is 24.2. The van der Waals surface area contributed by atoms with E-state index in [0.29, 0.717) is 17.4 Å². The van der Waals surface area contributed by atoms with Crippen LogP contribution in [-0.2, 0) is 4.79 Å². The second-order valence-electron chi connectivity index (χ2n) is 8.56. The molecule has 1 aromatic heterocycles. The highest BCUT2D eigenvalue weighted by Crippen LogP contribution is 2.46. The molecule has 7 nitrogen and oxygen atoms in total. The van der Waals surface area contributed by atoms with Crippen molar-refractivity contribution in [1.82, 2.24) is 4.98 Å². The van der Waals surface area contributed by atoms with Crippen molar-refractivity contribution >= 4 is 22.9 Å². The van der Waals surface area contributed by atoms with Crippen LogP contribution in [0.3, 0.4) is 0 Å². The number of fused-ring (bicyclic) bond motifs is 1. The summed E-state index contributed by atoms with van der Waals surface area (Å²) in [5.41, 5.74) is 4.63. The standard InChI is InChI=1S/C27H29NO6/c1-33-23-14-21-22(15-24(23)34-2)28-27(17-8-9-17)20(26(21)16-6-4-3-5-7-16)11-10-18(29)12-19(30)13-25(31)32/h3-7,10-11,14-15,17-19,29-30H,8-9,12-13H2,1-2H3,(H,31,32)/b11-10+. The number of pyridine rings is 1. The van der Waals surface area contributed by atoms with Gasteiger partial charge in [0.2, 0.25) is 0 Å². The van der Waals surface area contributed by atoms with Crippen molar-refractivity contribution in [2.24, 2.45) is 0 Å². The molecular weight excluding hydrogens is 434 g/mol. The van der Waals surface area contributed by atoms with Crippen molar-refractivity contribution in [3.8, 4) is 22.6 Å². The molecule has 0 radical (unpaired) electrons. The van der Waals surface area contributed by atoms with Gasteiger partial charge in [0.1, 0.15) is 0 Å². The van der Waals surface area contributed by atoms with Crippen molar-refractivity contribution in [3.63, 3.8) is 0 Å². The summed E-state index contributed by atoms with van der Waals surface area (Å²) in [6.45, 7) is 0. The molecule has 1 heterocycles. The van der Waals surface area contributed by atoms with Gasteiger partial charge in [-0.05, 0) is 24.5 Å². The van der Waals surface area contributed by atoms with E-state index in [1.807, 2.05) is 48.5 Å². The Bertz CT molecular complexity index is 1200. The van der Waals surface area contributed by atoms with Gasteiger partial charge in [-0.1, -0.05) is 42.5 Å². The Morgan fingerprint density at radius 2 is 1.79 bits per heavy atom. The quantitative estimate of drug-likeness (QED) is 0.409. The number of ether oxygens (including phenoxy) is 2. The minimum absolute atomic E-state index is 0.0612. The fourth-order valence-corrected chi connectivity index (χ4v) is 4.23. The molecular formula is C27H29NO6. The van der Waals surface area contributed by atoms with Crippen LogP contribution in [0.1, 0.15) is 42.9 Å². The van der Waals surface area contributed by atoms with E-state index in [2.05, 4.69) is 0 Å². The van der Waals surface area contributed by atoms with Crippen LogP contribution in [0.15, 0.2) is 48.5 Å². The molecule has 2 aromatic carbocycles. The number of hydrogen-bond acceptors (Lipinski definition) is 6. The summed E-state index contributed by atoms with van der Waals surface area (Å²) in [6.07, 6.45) is 2.94. The lowest BCUT2D eigenvalue weighted by Crippen LogP contribution is -2.19. The average molecular weight is 464 g/mol. The second kappa shape index (κ2) is 10.2. The first-order chi connectivity index (χ1) is 16.4. The number of hydrogen-bond donors (Lipinski definition) is 3. The van der Waals surface area contributed by atoms with Gasteiger partial charge in [-0.15, -0.1) is 0 Å². The van der Waals surface area contributed by atoms with Crippen molar-refractivity contribution in [2.75, 3.05) is 14.2 Å². The summed E-state index contributed by atoms with van der Waals surface area (Å²) in [4.78, 5) is 15.8. The average Bonchev–Trinajstić information content (AvgIpc) is 3.66. The number of carboxylic acid groups (broad SMARTS) is 1. The van der Waals surface area contributed by atoms with E-state index in [9.17, 15) is 15.0 Å².